The van der Waals surface area contributed by atoms with Gasteiger partial charge in [-0.15, -0.1) is 0 Å². The van der Waals surface area contributed by atoms with E-state index >= 15 is 0 Å². The first-order valence-electron chi connectivity index (χ1n) is 11.7. The summed E-state index contributed by atoms with van der Waals surface area (Å²) in [7, 11) is 2.12. The van der Waals surface area contributed by atoms with Crippen molar-refractivity contribution in [1.82, 2.24) is 15.5 Å². The average Bonchev–Trinajstić information content (AvgIpc) is 3.61. The van der Waals surface area contributed by atoms with Gasteiger partial charge in [-0.1, -0.05) is 12.1 Å². The van der Waals surface area contributed by atoms with Gasteiger partial charge in [0.1, 0.15) is 5.75 Å². The maximum atomic E-state index is 11.7. The van der Waals surface area contributed by atoms with Gasteiger partial charge in [-0.2, -0.15) is 0 Å². The minimum Gasteiger partial charge on any atom is -0.484 e. The van der Waals surface area contributed by atoms with Crippen molar-refractivity contribution in [2.75, 3.05) is 46.5 Å². The predicted octanol–water partition coefficient (Wildman–Crippen LogP) is 2.60. The molecule has 0 bridgehead atoms. The molecule has 2 fully saturated rings. The molecule has 1 aromatic carbocycles. The van der Waals surface area contributed by atoms with Gasteiger partial charge in [0.15, 0.2) is 12.6 Å². The molecule has 1 saturated carbocycles. The summed E-state index contributed by atoms with van der Waals surface area (Å²) in [5.74, 6) is 2.41. The molecule has 7 heteroatoms. The van der Waals surface area contributed by atoms with Crippen LogP contribution in [0.1, 0.15) is 44.6 Å². The number of carbonyl (C=O) groups excluding carboxylic acids is 1. The third-order valence-electron chi connectivity index (χ3n) is 5.81. The summed E-state index contributed by atoms with van der Waals surface area (Å²) in [5.41, 5.74) is 1.21. The fraction of sp³-hybridized carbons (Fsp3) is 0.667. The zero-order valence-corrected chi connectivity index (χ0v) is 19.1. The molecule has 7 nitrogen and oxygen atoms in total. The molecule has 1 aliphatic heterocycles. The first-order valence-corrected chi connectivity index (χ1v) is 11.7. The second kappa shape index (κ2) is 12.5. The number of nitrogens with one attached hydrogen (secondary N) is 2. The summed E-state index contributed by atoms with van der Waals surface area (Å²) in [6.07, 6.45) is 6.57. The Balaban J connectivity index is 1.39. The van der Waals surface area contributed by atoms with Crippen LogP contribution in [-0.2, 0) is 16.0 Å². The van der Waals surface area contributed by atoms with Gasteiger partial charge in [0, 0.05) is 45.9 Å². The van der Waals surface area contributed by atoms with Gasteiger partial charge in [0.05, 0.1) is 0 Å². The SMILES string of the molecule is CCNC(=NCCc1ccc(OCC(=O)NC2CC2)cc1)N(C)CCC1CCOCC1. The molecule has 0 radical (unpaired) electrons. The van der Waals surface area contributed by atoms with Crippen molar-refractivity contribution in [3.63, 3.8) is 0 Å². The molecular weight excluding hydrogens is 392 g/mol. The first kappa shape index (κ1) is 23.4. The molecule has 0 atom stereocenters. The molecule has 2 N–H and O–H groups in total. The number of rotatable bonds is 11. The molecule has 0 unspecified atom stereocenters. The number of benzene rings is 1. The Morgan fingerprint density at radius 2 is 1.94 bits per heavy atom. The zero-order valence-electron chi connectivity index (χ0n) is 19.1. The lowest BCUT2D eigenvalue weighted by Gasteiger charge is -2.26. The first-order chi connectivity index (χ1) is 15.1. The quantitative estimate of drug-likeness (QED) is 0.417. The Morgan fingerprint density at radius 3 is 2.61 bits per heavy atom. The predicted molar refractivity (Wildman–Crippen MR) is 124 cm³/mol. The number of amides is 1. The second-order valence-corrected chi connectivity index (χ2v) is 8.53. The van der Waals surface area contributed by atoms with Crippen LogP contribution >= 0.6 is 0 Å². The Hall–Kier alpha value is -2.28. The van der Waals surface area contributed by atoms with E-state index in [-0.39, 0.29) is 12.5 Å². The third-order valence-corrected chi connectivity index (χ3v) is 5.81. The highest BCUT2D eigenvalue weighted by Gasteiger charge is 2.23. The molecule has 2 aliphatic rings. The molecule has 0 spiro atoms. The van der Waals surface area contributed by atoms with Crippen LogP contribution in [0.25, 0.3) is 0 Å². The van der Waals surface area contributed by atoms with Gasteiger partial charge in [-0.05, 0) is 69.1 Å². The normalized spacial score (nSPS) is 17.3. The van der Waals surface area contributed by atoms with E-state index in [4.69, 9.17) is 14.5 Å². The van der Waals surface area contributed by atoms with Crippen LogP contribution < -0.4 is 15.4 Å². The standard InChI is InChI=1S/C24H38N4O3/c1-3-25-24(28(2)15-11-20-12-16-30-17-13-20)26-14-10-19-4-8-22(9-5-19)31-18-23(29)27-21-6-7-21/h4-5,8-9,20-21H,3,6-7,10-18H2,1-2H3,(H,25,26)(H,27,29). The average molecular weight is 431 g/mol. The fourth-order valence-corrected chi connectivity index (χ4v) is 3.68. The number of guanidine groups is 1. The van der Waals surface area contributed by atoms with E-state index in [1.165, 1.54) is 24.8 Å². The van der Waals surface area contributed by atoms with Gasteiger partial charge in [-0.3, -0.25) is 9.79 Å². The van der Waals surface area contributed by atoms with Gasteiger partial charge in [-0.25, -0.2) is 0 Å². The van der Waals surface area contributed by atoms with E-state index in [0.29, 0.717) is 6.04 Å². The lowest BCUT2D eigenvalue weighted by molar-refractivity contribution is -0.123. The lowest BCUT2D eigenvalue weighted by atomic mass is 9.96. The summed E-state index contributed by atoms with van der Waals surface area (Å²) in [6, 6.07) is 8.31. The molecule has 1 saturated heterocycles. The van der Waals surface area contributed by atoms with E-state index in [0.717, 1.165) is 69.7 Å². The molecule has 1 aliphatic carbocycles. The smallest absolute Gasteiger partial charge is 0.258 e. The van der Waals surface area contributed by atoms with Crippen molar-refractivity contribution >= 4 is 11.9 Å². The molecule has 1 heterocycles. The van der Waals surface area contributed by atoms with Crippen molar-refractivity contribution in [3.05, 3.63) is 29.8 Å². The fourth-order valence-electron chi connectivity index (χ4n) is 3.68. The summed E-state index contributed by atoms with van der Waals surface area (Å²) in [6.45, 7) is 6.59. The topological polar surface area (TPSA) is 75.2 Å². The Morgan fingerprint density at radius 1 is 1.19 bits per heavy atom. The van der Waals surface area contributed by atoms with Crippen LogP contribution in [0.3, 0.4) is 0 Å². The van der Waals surface area contributed by atoms with Crippen molar-refractivity contribution in [3.8, 4) is 5.75 Å². The number of hydrogen-bond acceptors (Lipinski definition) is 4. The van der Waals surface area contributed by atoms with E-state index < -0.39 is 0 Å². The van der Waals surface area contributed by atoms with E-state index in [1.54, 1.807) is 0 Å². The van der Waals surface area contributed by atoms with Crippen molar-refractivity contribution < 1.29 is 14.3 Å². The minimum atomic E-state index is -0.0437. The van der Waals surface area contributed by atoms with Crippen LogP contribution in [0.15, 0.2) is 29.3 Å². The van der Waals surface area contributed by atoms with Crippen LogP contribution in [0.4, 0.5) is 0 Å². The van der Waals surface area contributed by atoms with E-state index in [2.05, 4.69) is 29.5 Å². The number of hydrogen-bond donors (Lipinski definition) is 2. The van der Waals surface area contributed by atoms with Crippen molar-refractivity contribution in [1.29, 1.82) is 0 Å². The monoisotopic (exact) mass is 430 g/mol. The molecule has 0 aromatic heterocycles. The molecule has 1 aromatic rings. The lowest BCUT2D eigenvalue weighted by Crippen LogP contribution is -2.40. The van der Waals surface area contributed by atoms with Gasteiger partial charge >= 0.3 is 0 Å². The summed E-state index contributed by atoms with van der Waals surface area (Å²) in [5, 5.41) is 6.33. The van der Waals surface area contributed by atoms with Crippen LogP contribution in [-0.4, -0.2) is 69.3 Å². The van der Waals surface area contributed by atoms with Crippen molar-refractivity contribution in [2.45, 2.75) is 51.5 Å². The molecule has 31 heavy (non-hydrogen) atoms. The number of carbonyl (C=O) groups is 1. The highest BCUT2D eigenvalue weighted by atomic mass is 16.5. The zero-order chi connectivity index (χ0) is 21.9. The van der Waals surface area contributed by atoms with Crippen molar-refractivity contribution in [2.24, 2.45) is 10.9 Å². The third kappa shape index (κ3) is 8.77. The molecular formula is C24H38N4O3. The largest absolute Gasteiger partial charge is 0.484 e. The Labute approximate surface area is 186 Å². The summed E-state index contributed by atoms with van der Waals surface area (Å²) >= 11 is 0. The number of ether oxygens (including phenoxy) is 2. The Kier molecular flexibility index (Phi) is 9.46. The Bertz CT molecular complexity index is 697. The van der Waals surface area contributed by atoms with Gasteiger partial charge < -0.3 is 25.0 Å². The highest BCUT2D eigenvalue weighted by molar-refractivity contribution is 5.79. The maximum absolute atomic E-state index is 11.7. The minimum absolute atomic E-state index is 0.0437. The van der Waals surface area contributed by atoms with E-state index in [1.807, 2.05) is 24.3 Å². The number of aliphatic imine (C=N–C) groups is 1. The summed E-state index contributed by atoms with van der Waals surface area (Å²) in [4.78, 5) is 18.8. The van der Waals surface area contributed by atoms with Crippen LogP contribution in [0.2, 0.25) is 0 Å². The molecule has 1 amide bonds. The maximum Gasteiger partial charge on any atom is 0.258 e. The van der Waals surface area contributed by atoms with Crippen LogP contribution in [0.5, 0.6) is 5.75 Å². The number of nitrogens with zero attached hydrogens (tertiary/aromatic N) is 2. The van der Waals surface area contributed by atoms with E-state index in [9.17, 15) is 4.79 Å². The van der Waals surface area contributed by atoms with Crippen LogP contribution in [0, 0.1) is 5.92 Å². The second-order valence-electron chi connectivity index (χ2n) is 8.53. The van der Waals surface area contributed by atoms with Gasteiger partial charge in [0.25, 0.3) is 5.91 Å². The summed E-state index contributed by atoms with van der Waals surface area (Å²) < 4.78 is 11.0. The molecule has 3 rings (SSSR count). The molecule has 172 valence electrons. The highest BCUT2D eigenvalue weighted by Crippen LogP contribution is 2.19. The van der Waals surface area contributed by atoms with Gasteiger partial charge in [0.2, 0.25) is 0 Å².